The smallest absolute Gasteiger partial charge is 0.350 e. The monoisotopic (exact) mass is 665 g/mol. The Hall–Kier alpha value is -4.76. The molecule has 4 heterocycles. The molecule has 2 aliphatic rings. The number of β-lactam (4-membered cyclic amide) rings is 1. The van der Waals surface area contributed by atoms with E-state index < -0.39 is 64.7 Å². The topological polar surface area (TPSA) is 290 Å². The van der Waals surface area contributed by atoms with Crippen molar-refractivity contribution in [3.8, 4) is 0 Å². The summed E-state index contributed by atoms with van der Waals surface area (Å²) in [5.74, 6) is -5.04. The molecule has 21 heteroatoms. The Morgan fingerprint density at radius 2 is 2.04 bits per heavy atom. The van der Waals surface area contributed by atoms with E-state index in [1.165, 1.54) is 47.4 Å². The van der Waals surface area contributed by atoms with Crippen LogP contribution in [0, 0.1) is 5.92 Å². The summed E-state index contributed by atoms with van der Waals surface area (Å²) in [5.41, 5.74) is 15.5. The maximum Gasteiger partial charge on any atom is 0.350 e. The quantitative estimate of drug-likeness (QED) is 0.0576. The summed E-state index contributed by atoms with van der Waals surface area (Å²) in [4.78, 5) is 72.6. The lowest BCUT2D eigenvalue weighted by Crippen LogP contribution is -2.69. The molecule has 2 aromatic heterocycles. The third-order valence-corrected chi connectivity index (χ3v) is 8.81. The third-order valence-electron chi connectivity index (χ3n) is 6.88. The molecule has 242 valence electrons. The number of ketones is 1. The Bertz CT molecular complexity index is 1600. The highest BCUT2D eigenvalue weighted by Gasteiger charge is 2.55. The summed E-state index contributed by atoms with van der Waals surface area (Å²) < 4.78 is 6.87. The zero-order valence-corrected chi connectivity index (χ0v) is 25.9. The Balaban J connectivity index is 1.54. The molecule has 0 radical (unpaired) electrons. The van der Waals surface area contributed by atoms with Crippen molar-refractivity contribution < 1.29 is 43.7 Å². The van der Waals surface area contributed by atoms with E-state index in [1.807, 2.05) is 0 Å². The molecule has 3 atom stereocenters. The number of hydrogen-bond donors (Lipinski definition) is 6. The molecule has 3 amide bonds. The molecule has 9 N–H and O–H groups in total. The van der Waals surface area contributed by atoms with E-state index in [9.17, 15) is 34.2 Å². The van der Waals surface area contributed by atoms with Crippen molar-refractivity contribution in [1.29, 1.82) is 0 Å². The molecule has 19 nitrogen and oxygen atoms in total. The molecule has 0 bridgehead atoms. The molecule has 2 fully saturated rings. The highest BCUT2D eigenvalue weighted by molar-refractivity contribution is 8.00. The number of nitrogen functional groups attached to an aromatic ring is 2. The van der Waals surface area contributed by atoms with E-state index in [1.54, 1.807) is 7.05 Å². The van der Waals surface area contributed by atoms with Gasteiger partial charge in [0.15, 0.2) is 28.1 Å². The number of oxime groups is 1. The maximum absolute atomic E-state index is 13.3. The van der Waals surface area contributed by atoms with Gasteiger partial charge in [0.2, 0.25) is 29.7 Å². The van der Waals surface area contributed by atoms with Crippen LogP contribution >= 0.6 is 23.3 Å². The number of amides is 3. The number of fused-ring (bicyclic) bond motifs is 1. The first-order valence-corrected chi connectivity index (χ1v) is 15.1. The molecule has 0 spiro atoms. The Morgan fingerprint density at radius 1 is 1.33 bits per heavy atom. The summed E-state index contributed by atoms with van der Waals surface area (Å²) in [5, 5.41) is 29.8. The minimum Gasteiger partial charge on any atom is -0.548 e. The van der Waals surface area contributed by atoms with Crippen LogP contribution in [0.25, 0.3) is 6.20 Å². The summed E-state index contributed by atoms with van der Waals surface area (Å²) in [6, 6.07) is -1.98. The lowest BCUT2D eigenvalue weighted by Gasteiger charge is -2.53. The maximum atomic E-state index is 13.3. The van der Waals surface area contributed by atoms with Gasteiger partial charge in [0.25, 0.3) is 0 Å². The van der Waals surface area contributed by atoms with Crippen LogP contribution in [-0.4, -0.2) is 95.3 Å². The number of carboxylic acids is 2. The van der Waals surface area contributed by atoms with Gasteiger partial charge >= 0.3 is 12.0 Å². The van der Waals surface area contributed by atoms with Crippen LogP contribution in [0.5, 0.6) is 0 Å². The van der Waals surface area contributed by atoms with Crippen molar-refractivity contribution in [2.45, 2.75) is 37.3 Å². The first kappa shape index (κ1) is 33.1. The summed E-state index contributed by atoms with van der Waals surface area (Å²) in [6.07, 6.45) is 2.53. The lowest BCUT2D eigenvalue weighted by atomic mass is 9.87. The fraction of sp³-hybridized carbons (Fsp3) is 0.458. The summed E-state index contributed by atoms with van der Waals surface area (Å²) in [7, 11) is 1.59. The molecule has 2 aliphatic heterocycles. The molecule has 2 saturated heterocycles. The molecule has 4 rings (SSSR count). The normalized spacial score (nSPS) is 20.8. The van der Waals surface area contributed by atoms with Gasteiger partial charge in [-0.25, -0.2) is 9.59 Å². The van der Waals surface area contributed by atoms with Gasteiger partial charge in [0, 0.05) is 42.4 Å². The number of hydrogen-bond acceptors (Lipinski definition) is 15. The van der Waals surface area contributed by atoms with Gasteiger partial charge in [0.05, 0.1) is 24.3 Å². The van der Waals surface area contributed by atoms with Crippen LogP contribution in [0.3, 0.4) is 0 Å². The van der Waals surface area contributed by atoms with Gasteiger partial charge < -0.3 is 47.3 Å². The van der Waals surface area contributed by atoms with E-state index in [0.29, 0.717) is 5.57 Å². The van der Waals surface area contributed by atoms with Crippen LogP contribution < -0.4 is 37.6 Å². The van der Waals surface area contributed by atoms with Crippen molar-refractivity contribution in [2.24, 2.45) is 23.9 Å². The Kier molecular flexibility index (Phi) is 9.63. The zero-order valence-electron chi connectivity index (χ0n) is 24.3. The zero-order chi connectivity index (χ0) is 33.2. The molecular weight excluding hydrogens is 634 g/mol. The second kappa shape index (κ2) is 13.1. The van der Waals surface area contributed by atoms with E-state index in [-0.39, 0.29) is 41.3 Å². The fourth-order valence-electron chi connectivity index (χ4n) is 4.39. The van der Waals surface area contributed by atoms with Crippen molar-refractivity contribution in [3.63, 3.8) is 0 Å². The van der Waals surface area contributed by atoms with Gasteiger partial charge in [-0.15, -0.1) is 16.4 Å². The number of nitrogens with two attached hydrogens (primary N) is 3. The standard InChI is InChI=1S/C24H31N11O8S2/c1-24(2,21(40)41)43-31-14(17-30-22(27)45-32-17)13(36)6-11-18(37)35-15(20(38)39)10(9-44-19(11)35)7-34-8-12(16(26)33(34)3)29-23(42)28-5-4-25/h7-8,11,15,19,26H,4-6,9,25H2,1-3H3,(H6,27,28,29,30,32,38,39,40,41,42)/b10-7+,31-14+/t11-,15-,19-/m1/s1. The number of urea groups is 1. The molecule has 0 aromatic carbocycles. The largest absolute Gasteiger partial charge is 0.548 e. The van der Waals surface area contributed by atoms with Crippen molar-refractivity contribution >= 4 is 81.5 Å². The number of nitrogens with zero attached hydrogens (tertiary/aromatic N) is 6. The molecule has 0 aliphatic carbocycles. The number of carboxylic acid groups (broad SMARTS) is 2. The molecule has 0 unspecified atom stereocenters. The number of aliphatic carboxylic acids is 2. The van der Waals surface area contributed by atoms with Gasteiger partial charge in [0.1, 0.15) is 6.04 Å². The molecule has 2 aromatic rings. The number of carbonyl (C=O) groups excluding carboxylic acids is 4. The fourth-order valence-corrected chi connectivity index (χ4v) is 6.25. The molecule has 45 heavy (non-hydrogen) atoms. The third kappa shape index (κ3) is 6.83. The number of Topliss-reactive ketones (excluding diaryl/α,β-unsaturated/α-hetero) is 1. The number of rotatable bonds is 12. The summed E-state index contributed by atoms with van der Waals surface area (Å²) in [6.45, 7) is 2.93. The van der Waals surface area contributed by atoms with E-state index in [2.05, 4.69) is 25.1 Å². The minimum absolute atomic E-state index is 0.0171. The number of aromatic nitrogens is 4. The number of carbonyl (C=O) groups is 5. The Labute approximate surface area is 263 Å². The van der Waals surface area contributed by atoms with Crippen LogP contribution in [0.15, 0.2) is 16.9 Å². The lowest BCUT2D eigenvalue weighted by molar-refractivity contribution is -0.656. The number of thioether (sulfide) groups is 1. The second-order valence-electron chi connectivity index (χ2n) is 10.4. The SMILES string of the molecule is Cn1c(N)c(NC(=O)NCCN)c[n+]1/C=C1\CS[C@@H]2[C@H](CC(=O)/C(=N\OC(C)(C)C(=O)O)c3nsc(N)n3)C(=O)N2[C@H]1C(=O)[O-]. The van der Waals surface area contributed by atoms with Crippen molar-refractivity contribution in [1.82, 2.24) is 24.3 Å². The van der Waals surface area contributed by atoms with Gasteiger partial charge in [-0.1, -0.05) is 9.84 Å². The van der Waals surface area contributed by atoms with Gasteiger partial charge in [-0.3, -0.25) is 14.9 Å². The van der Waals surface area contributed by atoms with Crippen molar-refractivity contribution in [2.75, 3.05) is 35.6 Å². The van der Waals surface area contributed by atoms with Crippen LogP contribution in [0.4, 0.5) is 21.4 Å². The average Bonchev–Trinajstić information content (AvgIpc) is 3.52. The highest BCUT2D eigenvalue weighted by Crippen LogP contribution is 2.45. The minimum atomic E-state index is -1.80. The number of nitrogens with one attached hydrogen (secondary N) is 2. The first-order chi connectivity index (χ1) is 21.2. The van der Waals surface area contributed by atoms with E-state index in [0.717, 1.165) is 16.4 Å². The Morgan fingerprint density at radius 3 is 2.64 bits per heavy atom. The predicted molar refractivity (Wildman–Crippen MR) is 159 cm³/mol. The van der Waals surface area contributed by atoms with Gasteiger partial charge in [-0.05, 0) is 13.8 Å². The average molecular weight is 666 g/mol. The van der Waals surface area contributed by atoms with E-state index in [4.69, 9.17) is 22.0 Å². The van der Waals surface area contributed by atoms with Crippen LogP contribution in [-0.2, 0) is 31.1 Å². The molecular formula is C24H31N11O8S2. The first-order valence-electron chi connectivity index (χ1n) is 13.2. The highest BCUT2D eigenvalue weighted by atomic mass is 32.2. The molecule has 0 saturated carbocycles. The van der Waals surface area contributed by atoms with Crippen LogP contribution in [0.1, 0.15) is 26.1 Å². The van der Waals surface area contributed by atoms with Crippen molar-refractivity contribution in [3.05, 3.63) is 17.6 Å². The van der Waals surface area contributed by atoms with Gasteiger partial charge in [-0.2, -0.15) is 9.36 Å². The second-order valence-corrected chi connectivity index (χ2v) is 12.3. The number of anilines is 3. The van der Waals surface area contributed by atoms with E-state index >= 15 is 0 Å². The predicted octanol–water partition coefficient (Wildman–Crippen LogP) is -2.86. The van der Waals surface area contributed by atoms with Crippen LogP contribution in [0.2, 0.25) is 0 Å². The summed E-state index contributed by atoms with van der Waals surface area (Å²) >= 11 is 2.01.